The minimum Gasteiger partial charge on any atom is -0.394 e. The smallest absolute Gasteiger partial charge is 0.287 e. The van der Waals surface area contributed by atoms with E-state index in [0.717, 1.165) is 15.7 Å². The summed E-state index contributed by atoms with van der Waals surface area (Å²) in [5.41, 5.74) is 7.21. The Kier molecular flexibility index (Phi) is 3.05. The lowest BCUT2D eigenvalue weighted by Crippen LogP contribution is -2.14. The topological polar surface area (TPSA) is 71.8 Å². The Morgan fingerprint density at radius 2 is 2.19 bits per heavy atom. The molecule has 0 saturated carbocycles. The molecule has 16 heavy (non-hydrogen) atoms. The van der Waals surface area contributed by atoms with Gasteiger partial charge in [0.05, 0.1) is 5.69 Å². The molecule has 3 N–H and O–H groups in total. The monoisotopic (exact) mass is 279 g/mol. The number of benzene rings is 1. The van der Waals surface area contributed by atoms with Crippen LogP contribution in [0.3, 0.4) is 0 Å². The molecule has 82 valence electrons. The molecule has 0 bridgehead atoms. The number of H-pyrrole nitrogens is 1. The van der Waals surface area contributed by atoms with Crippen molar-refractivity contribution in [2.24, 2.45) is 0 Å². The highest BCUT2D eigenvalue weighted by Crippen LogP contribution is 2.14. The van der Waals surface area contributed by atoms with Crippen LogP contribution >= 0.6 is 15.9 Å². The maximum atomic E-state index is 11.0. The predicted octanol–water partition coefficient (Wildman–Crippen LogP) is 1.71. The molecule has 2 rings (SSSR count). The zero-order chi connectivity index (χ0) is 11.5. The van der Waals surface area contributed by atoms with Crippen LogP contribution in [0.25, 0.3) is 0 Å². The van der Waals surface area contributed by atoms with Crippen molar-refractivity contribution in [3.05, 3.63) is 56.4 Å². The fourth-order valence-corrected chi connectivity index (χ4v) is 1.86. The zero-order valence-electron chi connectivity index (χ0n) is 8.40. The van der Waals surface area contributed by atoms with Crippen molar-refractivity contribution in [3.8, 4) is 0 Å². The maximum absolute atomic E-state index is 11.0. The van der Waals surface area contributed by atoms with Crippen LogP contribution in [-0.4, -0.2) is 10.2 Å². The van der Waals surface area contributed by atoms with Crippen molar-refractivity contribution < 1.29 is 0 Å². The summed E-state index contributed by atoms with van der Waals surface area (Å²) in [5, 5.41) is 6.29. The Hall–Kier alpha value is -1.62. The van der Waals surface area contributed by atoms with Crippen molar-refractivity contribution in [2.75, 3.05) is 5.73 Å². The second-order valence-corrected chi connectivity index (χ2v) is 4.37. The lowest BCUT2D eigenvalue weighted by Gasteiger charge is -2.02. The van der Waals surface area contributed by atoms with Crippen LogP contribution in [0.4, 0.5) is 5.69 Å². The van der Waals surface area contributed by atoms with Crippen molar-refractivity contribution in [3.63, 3.8) is 0 Å². The summed E-state index contributed by atoms with van der Waals surface area (Å²) in [6.45, 7) is 0. The third-order valence-corrected chi connectivity index (χ3v) is 2.65. The molecule has 2 aromatic rings. The molecule has 0 fully saturated rings. The minimum absolute atomic E-state index is 0.194. The number of nitrogens with zero attached hydrogens (tertiary/aromatic N) is 1. The molecule has 0 atom stereocenters. The first-order chi connectivity index (χ1) is 7.65. The molecule has 4 nitrogen and oxygen atoms in total. The number of nitrogens with two attached hydrogens (primary N) is 1. The standard InChI is InChI=1S/C11H10BrN3O/c12-8-3-1-2-7(4-8)5-9-6-10(13)11(16)15-14-9/h1-4,6H,5H2,(H2,13,14)(H,15,16). The van der Waals surface area contributed by atoms with Gasteiger partial charge in [-0.05, 0) is 23.8 Å². The van der Waals surface area contributed by atoms with Gasteiger partial charge in [-0.2, -0.15) is 5.10 Å². The summed E-state index contributed by atoms with van der Waals surface area (Å²) < 4.78 is 1.02. The van der Waals surface area contributed by atoms with Crippen molar-refractivity contribution in [2.45, 2.75) is 6.42 Å². The van der Waals surface area contributed by atoms with Crippen LogP contribution in [0.2, 0.25) is 0 Å². The highest BCUT2D eigenvalue weighted by molar-refractivity contribution is 9.10. The van der Waals surface area contributed by atoms with Crippen molar-refractivity contribution >= 4 is 21.6 Å². The van der Waals surface area contributed by atoms with Crippen LogP contribution in [0, 0.1) is 0 Å². The molecule has 0 aliphatic rings. The van der Waals surface area contributed by atoms with Gasteiger partial charge in [-0.1, -0.05) is 28.1 Å². The number of hydrogen-bond acceptors (Lipinski definition) is 3. The highest BCUT2D eigenvalue weighted by Gasteiger charge is 2.01. The van der Waals surface area contributed by atoms with Crippen molar-refractivity contribution in [1.82, 2.24) is 10.2 Å². The molecule has 1 aromatic carbocycles. The molecule has 0 radical (unpaired) electrons. The summed E-state index contributed by atoms with van der Waals surface area (Å²) >= 11 is 3.40. The van der Waals surface area contributed by atoms with Gasteiger partial charge in [0.25, 0.3) is 5.56 Å². The van der Waals surface area contributed by atoms with E-state index in [1.807, 2.05) is 24.3 Å². The minimum atomic E-state index is -0.349. The van der Waals surface area contributed by atoms with Gasteiger partial charge >= 0.3 is 0 Å². The van der Waals surface area contributed by atoms with E-state index in [1.165, 1.54) is 0 Å². The number of nitrogens with one attached hydrogen (secondary N) is 1. The first kappa shape index (κ1) is 10.9. The Morgan fingerprint density at radius 1 is 1.38 bits per heavy atom. The zero-order valence-corrected chi connectivity index (χ0v) is 9.99. The third-order valence-electron chi connectivity index (χ3n) is 2.16. The van der Waals surface area contributed by atoms with E-state index < -0.39 is 0 Å². The molecular formula is C11H10BrN3O. The van der Waals surface area contributed by atoms with Gasteiger partial charge in [0.2, 0.25) is 0 Å². The van der Waals surface area contributed by atoms with Crippen LogP contribution in [-0.2, 0) is 6.42 Å². The first-order valence-corrected chi connectivity index (χ1v) is 5.53. The maximum Gasteiger partial charge on any atom is 0.287 e. The number of hydrogen-bond donors (Lipinski definition) is 2. The van der Waals surface area contributed by atoms with E-state index in [-0.39, 0.29) is 11.2 Å². The largest absolute Gasteiger partial charge is 0.394 e. The quantitative estimate of drug-likeness (QED) is 0.879. The highest BCUT2D eigenvalue weighted by atomic mass is 79.9. The van der Waals surface area contributed by atoms with Gasteiger partial charge in [-0.15, -0.1) is 0 Å². The molecule has 0 saturated heterocycles. The SMILES string of the molecule is Nc1cc(Cc2cccc(Br)c2)n[nH]c1=O. The van der Waals surface area contributed by atoms with Crippen molar-refractivity contribution in [1.29, 1.82) is 0 Å². The molecule has 0 spiro atoms. The summed E-state index contributed by atoms with van der Waals surface area (Å²) in [7, 11) is 0. The molecule has 1 heterocycles. The van der Waals surface area contributed by atoms with E-state index in [1.54, 1.807) is 6.07 Å². The third kappa shape index (κ3) is 2.49. The van der Waals surface area contributed by atoms with Gasteiger partial charge < -0.3 is 5.73 Å². The number of aromatic amines is 1. The number of rotatable bonds is 2. The summed E-state index contributed by atoms with van der Waals surface area (Å²) in [6, 6.07) is 9.50. The lowest BCUT2D eigenvalue weighted by molar-refractivity contribution is 0.914. The van der Waals surface area contributed by atoms with Crippen LogP contribution < -0.4 is 11.3 Å². The van der Waals surface area contributed by atoms with Gasteiger partial charge in [0, 0.05) is 10.9 Å². The normalized spacial score (nSPS) is 10.3. The van der Waals surface area contributed by atoms with E-state index >= 15 is 0 Å². The molecule has 5 heteroatoms. The van der Waals surface area contributed by atoms with Crippen LogP contribution in [0.5, 0.6) is 0 Å². The first-order valence-electron chi connectivity index (χ1n) is 4.73. The second-order valence-electron chi connectivity index (χ2n) is 3.45. The molecule has 0 unspecified atom stereocenters. The Labute approximate surface area is 101 Å². The molecule has 1 aromatic heterocycles. The van der Waals surface area contributed by atoms with E-state index in [0.29, 0.717) is 6.42 Å². The molecule has 0 aliphatic carbocycles. The second kappa shape index (κ2) is 4.49. The molecule has 0 amide bonds. The van der Waals surface area contributed by atoms with E-state index in [9.17, 15) is 4.79 Å². The summed E-state index contributed by atoms with van der Waals surface area (Å²) in [4.78, 5) is 11.0. The Morgan fingerprint density at radius 3 is 2.88 bits per heavy atom. The van der Waals surface area contributed by atoms with Gasteiger partial charge in [-0.3, -0.25) is 4.79 Å². The van der Waals surface area contributed by atoms with E-state index in [4.69, 9.17) is 5.73 Å². The number of halogens is 1. The number of anilines is 1. The fourth-order valence-electron chi connectivity index (χ4n) is 1.41. The lowest BCUT2D eigenvalue weighted by atomic mass is 10.1. The van der Waals surface area contributed by atoms with E-state index in [2.05, 4.69) is 26.1 Å². The van der Waals surface area contributed by atoms with Crippen LogP contribution in [0.1, 0.15) is 11.3 Å². The fraction of sp³-hybridized carbons (Fsp3) is 0.0909. The average molecular weight is 280 g/mol. The number of aromatic nitrogens is 2. The number of nitrogen functional groups attached to an aromatic ring is 1. The van der Waals surface area contributed by atoms with Gasteiger partial charge in [-0.25, -0.2) is 5.10 Å². The average Bonchev–Trinajstić information content (AvgIpc) is 2.24. The Bertz CT molecular complexity index is 565. The van der Waals surface area contributed by atoms with Crippen LogP contribution in [0.15, 0.2) is 39.6 Å². The molecule has 0 aliphatic heterocycles. The predicted molar refractivity (Wildman–Crippen MR) is 66.2 cm³/mol. The molecular weight excluding hydrogens is 270 g/mol. The van der Waals surface area contributed by atoms with Gasteiger partial charge in [0.15, 0.2) is 0 Å². The summed E-state index contributed by atoms with van der Waals surface area (Å²) in [6.07, 6.45) is 0.639. The van der Waals surface area contributed by atoms with Gasteiger partial charge in [0.1, 0.15) is 5.69 Å². The summed E-state index contributed by atoms with van der Waals surface area (Å²) in [5.74, 6) is 0. The Balaban J connectivity index is 2.27.